The van der Waals surface area contributed by atoms with Crippen LogP contribution in [0.25, 0.3) is 6.08 Å². The Kier molecular flexibility index (Phi) is 9.87. The van der Waals surface area contributed by atoms with E-state index in [0.717, 1.165) is 0 Å². The minimum Gasteiger partial charge on any atom is -0.490 e. The van der Waals surface area contributed by atoms with E-state index < -0.39 is 11.9 Å². The molecule has 0 spiro atoms. The largest absolute Gasteiger partial charge is 0.490 e. The number of nitrogens with zero attached hydrogens (tertiary/aromatic N) is 2. The zero-order chi connectivity index (χ0) is 27.5. The predicted molar refractivity (Wildman–Crippen MR) is 143 cm³/mol. The van der Waals surface area contributed by atoms with Gasteiger partial charge in [0.25, 0.3) is 5.91 Å². The number of anilines is 1. The summed E-state index contributed by atoms with van der Waals surface area (Å²) in [6.45, 7) is 4.18. The first-order chi connectivity index (χ1) is 18.4. The summed E-state index contributed by atoms with van der Waals surface area (Å²) in [6, 6.07) is 20.3. The van der Waals surface area contributed by atoms with Crippen LogP contribution in [0.5, 0.6) is 11.5 Å². The maximum absolute atomic E-state index is 12.7. The topological polar surface area (TPSA) is 121 Å². The molecule has 0 atom stereocenters. The Hall–Kier alpha value is -4.79. The Balaban J connectivity index is 1.81. The molecule has 0 saturated carbocycles. The Morgan fingerprint density at radius 2 is 1.74 bits per heavy atom. The molecule has 0 aliphatic carbocycles. The monoisotopic (exact) mass is 529 g/mol. The number of esters is 1. The molecule has 9 heteroatoms. The quantitative estimate of drug-likeness (QED) is 0.197. The normalized spacial score (nSPS) is 10.6. The van der Waals surface area contributed by atoms with Crippen molar-refractivity contribution in [2.24, 2.45) is 0 Å². The van der Waals surface area contributed by atoms with Gasteiger partial charge in [0, 0.05) is 11.3 Å². The first-order valence-electron chi connectivity index (χ1n) is 11.7. The molecule has 192 valence electrons. The molecule has 38 heavy (non-hydrogen) atoms. The molecule has 0 unspecified atom stereocenters. The number of hydrogen-bond donors (Lipinski definition) is 1. The fourth-order valence-electron chi connectivity index (χ4n) is 3.40. The molecule has 8 nitrogen and oxygen atoms in total. The number of amides is 1. The number of halogens is 1. The molecule has 0 fully saturated rings. The summed E-state index contributed by atoms with van der Waals surface area (Å²) in [6.07, 6.45) is 1.38. The maximum atomic E-state index is 12.7. The summed E-state index contributed by atoms with van der Waals surface area (Å²) in [5.41, 5.74) is 2.20. The zero-order valence-electron chi connectivity index (χ0n) is 20.8. The highest BCUT2D eigenvalue weighted by atomic mass is 35.5. The van der Waals surface area contributed by atoms with E-state index >= 15 is 0 Å². The Morgan fingerprint density at radius 3 is 2.39 bits per heavy atom. The summed E-state index contributed by atoms with van der Waals surface area (Å²) in [5.74, 6) is -0.499. The highest BCUT2D eigenvalue weighted by Gasteiger charge is 2.16. The van der Waals surface area contributed by atoms with E-state index in [-0.39, 0.29) is 29.6 Å². The van der Waals surface area contributed by atoms with Gasteiger partial charge in [-0.3, -0.25) is 4.79 Å². The highest BCUT2D eigenvalue weighted by Crippen LogP contribution is 2.38. The summed E-state index contributed by atoms with van der Waals surface area (Å²) in [7, 11) is 0. The Labute approximate surface area is 225 Å². The van der Waals surface area contributed by atoms with Gasteiger partial charge in [0.05, 0.1) is 35.4 Å². The molecule has 1 N–H and O–H groups in total. The SMILES string of the molecule is CCOC(=O)c1ccc(NC(=O)/C(C#N)=C/c2cc(Cl)c(OCc3ccccc3C#N)c(OCC)c2)cc1. The summed E-state index contributed by atoms with van der Waals surface area (Å²) in [4.78, 5) is 24.5. The van der Waals surface area contributed by atoms with Gasteiger partial charge in [-0.2, -0.15) is 10.5 Å². The van der Waals surface area contributed by atoms with Crippen LogP contribution in [0.3, 0.4) is 0 Å². The molecule has 0 saturated heterocycles. The molecule has 0 radical (unpaired) electrons. The van der Waals surface area contributed by atoms with Gasteiger partial charge in [-0.05, 0) is 68.0 Å². The molecule has 0 aliphatic heterocycles. The fourth-order valence-corrected chi connectivity index (χ4v) is 3.67. The molecule has 0 aromatic heterocycles. The number of hydrogen-bond acceptors (Lipinski definition) is 7. The minimum absolute atomic E-state index is 0.0967. The second-order valence-electron chi connectivity index (χ2n) is 7.74. The lowest BCUT2D eigenvalue weighted by Crippen LogP contribution is -2.13. The van der Waals surface area contributed by atoms with Crippen LogP contribution >= 0.6 is 11.6 Å². The Bertz CT molecular complexity index is 1440. The summed E-state index contributed by atoms with van der Waals surface area (Å²) in [5, 5.41) is 21.8. The average molecular weight is 530 g/mol. The highest BCUT2D eigenvalue weighted by molar-refractivity contribution is 6.32. The first kappa shape index (κ1) is 27.8. The van der Waals surface area contributed by atoms with Crippen LogP contribution in [-0.2, 0) is 16.1 Å². The van der Waals surface area contributed by atoms with Gasteiger partial charge in [0.2, 0.25) is 0 Å². The number of benzene rings is 3. The lowest BCUT2D eigenvalue weighted by atomic mass is 10.1. The zero-order valence-corrected chi connectivity index (χ0v) is 21.5. The average Bonchev–Trinajstić information content (AvgIpc) is 2.92. The third-order valence-corrected chi connectivity index (χ3v) is 5.45. The number of carbonyl (C=O) groups excluding carboxylic acids is 2. The lowest BCUT2D eigenvalue weighted by molar-refractivity contribution is -0.112. The summed E-state index contributed by atoms with van der Waals surface area (Å²) < 4.78 is 16.5. The molecule has 0 bridgehead atoms. The van der Waals surface area contributed by atoms with Crippen molar-refractivity contribution in [3.05, 3.63) is 93.5 Å². The van der Waals surface area contributed by atoms with Crippen LogP contribution in [0.15, 0.2) is 66.2 Å². The van der Waals surface area contributed by atoms with Crippen LogP contribution < -0.4 is 14.8 Å². The molecule has 3 rings (SSSR count). The number of nitriles is 2. The van der Waals surface area contributed by atoms with Crippen molar-refractivity contribution in [3.63, 3.8) is 0 Å². The molecule has 0 heterocycles. The third kappa shape index (κ3) is 7.13. The number of rotatable bonds is 10. The van der Waals surface area contributed by atoms with Crippen molar-refractivity contribution in [3.8, 4) is 23.6 Å². The number of nitrogens with one attached hydrogen (secondary N) is 1. The van der Waals surface area contributed by atoms with Crippen molar-refractivity contribution >= 4 is 35.2 Å². The van der Waals surface area contributed by atoms with Gasteiger partial charge >= 0.3 is 5.97 Å². The molecular formula is C29H24ClN3O5. The maximum Gasteiger partial charge on any atom is 0.338 e. The van der Waals surface area contributed by atoms with Crippen LogP contribution in [-0.4, -0.2) is 25.1 Å². The standard InChI is InChI=1S/C29H24ClN3O5/c1-3-36-26-15-19(14-25(30)27(26)38-18-22-8-6-5-7-21(22)16-31)13-23(17-32)28(34)33-24-11-9-20(10-12-24)29(35)37-4-2/h5-15H,3-4,18H2,1-2H3,(H,33,34)/b23-13+. The molecule has 0 aliphatic rings. The van der Waals surface area contributed by atoms with Gasteiger partial charge in [-0.1, -0.05) is 29.8 Å². The van der Waals surface area contributed by atoms with E-state index in [9.17, 15) is 20.1 Å². The summed E-state index contributed by atoms with van der Waals surface area (Å²) >= 11 is 6.49. The van der Waals surface area contributed by atoms with E-state index in [0.29, 0.717) is 40.3 Å². The van der Waals surface area contributed by atoms with Gasteiger partial charge in [-0.15, -0.1) is 0 Å². The second-order valence-corrected chi connectivity index (χ2v) is 8.15. The van der Waals surface area contributed by atoms with Crippen LogP contribution in [0.4, 0.5) is 5.69 Å². The van der Waals surface area contributed by atoms with E-state index in [1.807, 2.05) is 12.1 Å². The van der Waals surface area contributed by atoms with Gasteiger partial charge in [0.15, 0.2) is 11.5 Å². The third-order valence-electron chi connectivity index (χ3n) is 5.17. The molecule has 1 amide bonds. The van der Waals surface area contributed by atoms with Crippen molar-refractivity contribution in [2.45, 2.75) is 20.5 Å². The minimum atomic E-state index is -0.640. The fraction of sp³-hybridized carbons (Fsp3) is 0.172. The van der Waals surface area contributed by atoms with E-state index in [2.05, 4.69) is 11.4 Å². The van der Waals surface area contributed by atoms with Crippen molar-refractivity contribution in [1.82, 2.24) is 0 Å². The van der Waals surface area contributed by atoms with Crippen molar-refractivity contribution < 1.29 is 23.8 Å². The van der Waals surface area contributed by atoms with Gasteiger partial charge in [-0.25, -0.2) is 4.79 Å². The van der Waals surface area contributed by atoms with Crippen LogP contribution in [0.1, 0.15) is 40.9 Å². The lowest BCUT2D eigenvalue weighted by Gasteiger charge is -2.15. The smallest absolute Gasteiger partial charge is 0.338 e. The van der Waals surface area contributed by atoms with Crippen molar-refractivity contribution in [2.75, 3.05) is 18.5 Å². The Morgan fingerprint density at radius 1 is 1.00 bits per heavy atom. The number of ether oxygens (including phenoxy) is 3. The van der Waals surface area contributed by atoms with Gasteiger partial charge in [0.1, 0.15) is 18.2 Å². The van der Waals surface area contributed by atoms with Crippen molar-refractivity contribution in [1.29, 1.82) is 10.5 Å². The van der Waals surface area contributed by atoms with E-state index in [4.69, 9.17) is 25.8 Å². The van der Waals surface area contributed by atoms with Crippen LogP contribution in [0.2, 0.25) is 5.02 Å². The predicted octanol–water partition coefficient (Wildman–Crippen LogP) is 5.91. The molecule has 3 aromatic rings. The van der Waals surface area contributed by atoms with E-state index in [1.54, 1.807) is 56.3 Å². The molecular weight excluding hydrogens is 506 g/mol. The van der Waals surface area contributed by atoms with Crippen LogP contribution in [0, 0.1) is 22.7 Å². The second kappa shape index (κ2) is 13.5. The van der Waals surface area contributed by atoms with E-state index in [1.165, 1.54) is 18.2 Å². The molecule has 3 aromatic carbocycles. The number of carbonyl (C=O) groups is 2. The van der Waals surface area contributed by atoms with Gasteiger partial charge < -0.3 is 19.5 Å². The first-order valence-corrected chi connectivity index (χ1v) is 12.0.